The number of hydrogen-bond acceptors (Lipinski definition) is 5. The molecule has 0 bridgehead atoms. The summed E-state index contributed by atoms with van der Waals surface area (Å²) < 4.78 is 79.5. The highest BCUT2D eigenvalue weighted by molar-refractivity contribution is 6.33. The Labute approximate surface area is 214 Å². The van der Waals surface area contributed by atoms with Crippen LogP contribution in [0, 0.1) is 29.1 Å². The Balaban J connectivity index is 1.48. The summed E-state index contributed by atoms with van der Waals surface area (Å²) in [7, 11) is 2.87. The predicted molar refractivity (Wildman–Crippen MR) is 130 cm³/mol. The van der Waals surface area contributed by atoms with Crippen LogP contribution in [0.1, 0.15) is 10.4 Å². The van der Waals surface area contributed by atoms with Crippen LogP contribution in [0.2, 0.25) is 5.02 Å². The molecule has 196 valence electrons. The van der Waals surface area contributed by atoms with Crippen LogP contribution in [0.5, 0.6) is 11.5 Å². The first-order valence-electron chi connectivity index (χ1n) is 11.0. The van der Waals surface area contributed by atoms with Gasteiger partial charge in [-0.25, -0.2) is 22.0 Å². The number of rotatable bonds is 6. The van der Waals surface area contributed by atoms with Crippen LogP contribution >= 0.6 is 11.6 Å². The Morgan fingerprint density at radius 2 is 1.32 bits per heavy atom. The third-order valence-electron chi connectivity index (χ3n) is 5.98. The standard InChI is InChI=1S/C25H21ClF5N3O3/c1-36-16-4-3-5-17(37-2)18(16)25(35)32-13-6-7-15(14(26)12-13)33-8-10-34(11-9-33)24-22(30)20(28)19(27)21(29)23(24)31/h3-7,12H,8-11H2,1-2H3,(H,32,35). The summed E-state index contributed by atoms with van der Waals surface area (Å²) >= 11 is 6.46. The van der Waals surface area contributed by atoms with Crippen molar-refractivity contribution in [3.8, 4) is 11.5 Å². The maximum atomic E-state index is 14.2. The number of methoxy groups -OCH3 is 2. The number of hydrogen-bond donors (Lipinski definition) is 1. The molecule has 37 heavy (non-hydrogen) atoms. The molecule has 0 saturated carbocycles. The van der Waals surface area contributed by atoms with Crippen molar-refractivity contribution < 1.29 is 36.2 Å². The van der Waals surface area contributed by atoms with Crippen LogP contribution in [-0.4, -0.2) is 46.3 Å². The van der Waals surface area contributed by atoms with E-state index in [-0.39, 0.29) is 36.8 Å². The molecule has 12 heteroatoms. The number of halogens is 6. The number of nitrogens with one attached hydrogen (secondary N) is 1. The fourth-order valence-corrected chi connectivity index (χ4v) is 4.45. The summed E-state index contributed by atoms with van der Waals surface area (Å²) in [5.74, 6) is -9.72. The Bertz CT molecular complexity index is 1300. The number of anilines is 3. The van der Waals surface area contributed by atoms with E-state index >= 15 is 0 Å². The summed E-state index contributed by atoms with van der Waals surface area (Å²) in [6, 6.07) is 9.75. The molecule has 1 saturated heterocycles. The molecule has 0 radical (unpaired) electrons. The molecule has 3 aromatic carbocycles. The van der Waals surface area contributed by atoms with Crippen LogP contribution in [-0.2, 0) is 0 Å². The zero-order chi connectivity index (χ0) is 26.9. The molecule has 0 atom stereocenters. The van der Waals surface area contributed by atoms with Crippen molar-refractivity contribution in [2.75, 3.05) is 55.5 Å². The van der Waals surface area contributed by atoms with E-state index < -0.39 is 40.7 Å². The van der Waals surface area contributed by atoms with Crippen LogP contribution in [0.25, 0.3) is 0 Å². The largest absolute Gasteiger partial charge is 0.496 e. The lowest BCUT2D eigenvalue weighted by Crippen LogP contribution is -2.47. The third kappa shape index (κ3) is 4.95. The van der Waals surface area contributed by atoms with Gasteiger partial charge in [0.15, 0.2) is 23.3 Å². The summed E-state index contributed by atoms with van der Waals surface area (Å²) in [5.41, 5.74) is 0.224. The van der Waals surface area contributed by atoms with Gasteiger partial charge in [-0.2, -0.15) is 0 Å². The maximum Gasteiger partial charge on any atom is 0.263 e. The summed E-state index contributed by atoms with van der Waals surface area (Å²) in [5, 5.41) is 3.03. The molecular weight excluding hydrogens is 521 g/mol. The van der Waals surface area contributed by atoms with Gasteiger partial charge >= 0.3 is 0 Å². The number of ether oxygens (including phenoxy) is 2. The van der Waals surface area contributed by atoms with Gasteiger partial charge in [-0.3, -0.25) is 4.79 Å². The number of nitrogens with zero attached hydrogens (tertiary/aromatic N) is 2. The second-order valence-corrected chi connectivity index (χ2v) is 8.46. The molecule has 1 fully saturated rings. The van der Waals surface area contributed by atoms with Gasteiger partial charge in [0.2, 0.25) is 5.82 Å². The Hall–Kier alpha value is -3.73. The summed E-state index contributed by atoms with van der Waals surface area (Å²) in [4.78, 5) is 15.8. The molecule has 1 N–H and O–H groups in total. The first-order valence-corrected chi connectivity index (χ1v) is 11.4. The molecule has 1 heterocycles. The Morgan fingerprint density at radius 1 is 0.811 bits per heavy atom. The summed E-state index contributed by atoms with van der Waals surface area (Å²) in [6.45, 7) is 0.369. The van der Waals surface area contributed by atoms with Gasteiger partial charge in [-0.15, -0.1) is 0 Å². The van der Waals surface area contributed by atoms with Crippen LogP contribution in [0.15, 0.2) is 36.4 Å². The molecule has 1 aliphatic rings. The third-order valence-corrected chi connectivity index (χ3v) is 6.29. The highest BCUT2D eigenvalue weighted by Gasteiger charge is 2.31. The van der Waals surface area contributed by atoms with E-state index in [2.05, 4.69) is 5.32 Å². The average molecular weight is 542 g/mol. The van der Waals surface area contributed by atoms with Crippen LogP contribution in [0.3, 0.4) is 0 Å². The first kappa shape index (κ1) is 26.3. The number of carbonyl (C=O) groups excluding carboxylic acids is 1. The van der Waals surface area contributed by atoms with E-state index in [1.165, 1.54) is 20.3 Å². The van der Waals surface area contributed by atoms with Gasteiger partial charge in [-0.05, 0) is 30.3 Å². The maximum absolute atomic E-state index is 14.2. The van der Waals surface area contributed by atoms with Gasteiger partial charge in [0.25, 0.3) is 5.91 Å². The lowest BCUT2D eigenvalue weighted by molar-refractivity contribution is 0.102. The molecule has 1 aliphatic heterocycles. The highest BCUT2D eigenvalue weighted by atomic mass is 35.5. The fraction of sp³-hybridized carbons (Fsp3) is 0.240. The number of carbonyl (C=O) groups is 1. The van der Waals surface area contributed by atoms with Crippen molar-refractivity contribution >= 4 is 34.6 Å². The zero-order valence-corrected chi connectivity index (χ0v) is 20.4. The van der Waals surface area contributed by atoms with E-state index in [4.69, 9.17) is 21.1 Å². The number of amides is 1. The molecule has 0 aliphatic carbocycles. The molecule has 0 aromatic heterocycles. The average Bonchev–Trinajstić information content (AvgIpc) is 2.91. The van der Waals surface area contributed by atoms with Crippen molar-refractivity contribution in [3.05, 3.63) is 76.1 Å². The van der Waals surface area contributed by atoms with E-state index in [0.29, 0.717) is 22.9 Å². The van der Waals surface area contributed by atoms with E-state index in [9.17, 15) is 26.7 Å². The molecular formula is C25H21ClF5N3O3. The zero-order valence-electron chi connectivity index (χ0n) is 19.7. The number of benzene rings is 3. The van der Waals surface area contributed by atoms with Crippen molar-refractivity contribution in [2.45, 2.75) is 0 Å². The summed E-state index contributed by atoms with van der Waals surface area (Å²) in [6.07, 6.45) is 0. The van der Waals surface area contributed by atoms with Crippen LogP contribution < -0.4 is 24.6 Å². The molecule has 4 rings (SSSR count). The lowest BCUT2D eigenvalue weighted by Gasteiger charge is -2.38. The number of piperazine rings is 1. The van der Waals surface area contributed by atoms with Crippen molar-refractivity contribution in [1.82, 2.24) is 0 Å². The Kier molecular flexibility index (Phi) is 7.63. The monoisotopic (exact) mass is 541 g/mol. The predicted octanol–water partition coefficient (Wildman–Crippen LogP) is 5.63. The van der Waals surface area contributed by atoms with Crippen LogP contribution in [0.4, 0.5) is 39.0 Å². The first-order chi connectivity index (χ1) is 17.7. The molecule has 1 amide bonds. The van der Waals surface area contributed by atoms with Gasteiger partial charge in [0, 0.05) is 31.9 Å². The van der Waals surface area contributed by atoms with Crippen molar-refractivity contribution in [1.29, 1.82) is 0 Å². The molecule has 6 nitrogen and oxygen atoms in total. The topological polar surface area (TPSA) is 54.0 Å². The lowest BCUT2D eigenvalue weighted by atomic mass is 10.1. The SMILES string of the molecule is COc1cccc(OC)c1C(=O)Nc1ccc(N2CCN(c3c(F)c(F)c(F)c(F)c3F)CC2)c(Cl)c1. The Morgan fingerprint density at radius 3 is 1.84 bits per heavy atom. The molecule has 3 aromatic rings. The second-order valence-electron chi connectivity index (χ2n) is 8.05. The van der Waals surface area contributed by atoms with E-state index in [1.807, 2.05) is 0 Å². The van der Waals surface area contributed by atoms with Crippen molar-refractivity contribution in [3.63, 3.8) is 0 Å². The van der Waals surface area contributed by atoms with Crippen molar-refractivity contribution in [2.24, 2.45) is 0 Å². The quantitative estimate of drug-likeness (QED) is 0.249. The second kappa shape index (κ2) is 10.7. The molecule has 0 spiro atoms. The minimum atomic E-state index is -2.19. The van der Waals surface area contributed by atoms with Gasteiger partial charge in [0.1, 0.15) is 22.7 Å². The minimum Gasteiger partial charge on any atom is -0.496 e. The van der Waals surface area contributed by atoms with E-state index in [0.717, 1.165) is 4.90 Å². The molecule has 0 unspecified atom stereocenters. The smallest absolute Gasteiger partial charge is 0.263 e. The van der Waals surface area contributed by atoms with Gasteiger partial charge < -0.3 is 24.6 Å². The fourth-order valence-electron chi connectivity index (χ4n) is 4.15. The van der Waals surface area contributed by atoms with Gasteiger partial charge in [0.05, 0.1) is 24.9 Å². The van der Waals surface area contributed by atoms with Gasteiger partial charge in [-0.1, -0.05) is 17.7 Å². The minimum absolute atomic E-state index is 0.0131. The van der Waals surface area contributed by atoms with E-state index in [1.54, 1.807) is 35.2 Å². The highest BCUT2D eigenvalue weighted by Crippen LogP contribution is 2.34. The normalized spacial score (nSPS) is 13.5.